The average molecular weight is 158 g/mol. The number of rotatable bonds is 5. The Bertz CT molecular complexity index is 166. The Morgan fingerprint density at radius 1 is 1.64 bits per heavy atom. The largest absolute Gasteiger partial charge is 0.481 e. The van der Waals surface area contributed by atoms with Gasteiger partial charge in [-0.1, -0.05) is 0 Å². The summed E-state index contributed by atoms with van der Waals surface area (Å²) in [5.41, 5.74) is 0. The van der Waals surface area contributed by atoms with Crippen molar-refractivity contribution < 1.29 is 19.4 Å². The summed E-state index contributed by atoms with van der Waals surface area (Å²) in [6.07, 6.45) is 1.91. The maximum Gasteiger partial charge on any atom is 0.303 e. The monoisotopic (exact) mass is 158 g/mol. The van der Waals surface area contributed by atoms with Gasteiger partial charge in [-0.05, 0) is 12.8 Å². The summed E-state index contributed by atoms with van der Waals surface area (Å²) >= 11 is 0. The van der Waals surface area contributed by atoms with Crippen molar-refractivity contribution in [2.45, 2.75) is 31.5 Å². The standard InChI is InChI=1S/C7H10O4/c8-4-6-5(11-6)2-1-3-7(9)10/h4-6H,1-3H2,(H,9,10)/t5-,6-/m0/s1. The van der Waals surface area contributed by atoms with Gasteiger partial charge in [0.05, 0.1) is 6.10 Å². The fourth-order valence-electron chi connectivity index (χ4n) is 0.963. The molecule has 0 aromatic carbocycles. The van der Waals surface area contributed by atoms with E-state index in [9.17, 15) is 9.59 Å². The van der Waals surface area contributed by atoms with Gasteiger partial charge in [-0.2, -0.15) is 0 Å². The van der Waals surface area contributed by atoms with Gasteiger partial charge in [0.2, 0.25) is 0 Å². The van der Waals surface area contributed by atoms with Crippen molar-refractivity contribution in [2.24, 2.45) is 0 Å². The van der Waals surface area contributed by atoms with E-state index in [4.69, 9.17) is 9.84 Å². The lowest BCUT2D eigenvalue weighted by Gasteiger charge is -1.90. The number of aldehydes is 1. The minimum Gasteiger partial charge on any atom is -0.481 e. The molecule has 1 saturated heterocycles. The van der Waals surface area contributed by atoms with E-state index < -0.39 is 5.97 Å². The van der Waals surface area contributed by atoms with Gasteiger partial charge in [0.25, 0.3) is 0 Å². The van der Waals surface area contributed by atoms with Crippen LogP contribution in [0.15, 0.2) is 0 Å². The molecule has 1 rings (SSSR count). The van der Waals surface area contributed by atoms with Crippen LogP contribution in [-0.4, -0.2) is 29.6 Å². The first-order chi connectivity index (χ1) is 5.24. The molecule has 62 valence electrons. The van der Waals surface area contributed by atoms with E-state index in [1.54, 1.807) is 0 Å². The maximum atomic E-state index is 10.0. The van der Waals surface area contributed by atoms with Crippen LogP contribution in [0.5, 0.6) is 0 Å². The third kappa shape index (κ3) is 2.67. The van der Waals surface area contributed by atoms with Gasteiger partial charge in [-0.15, -0.1) is 0 Å². The maximum absolute atomic E-state index is 10.0. The highest BCUT2D eigenvalue weighted by Gasteiger charge is 2.37. The Hall–Kier alpha value is -0.900. The lowest BCUT2D eigenvalue weighted by atomic mass is 10.1. The topological polar surface area (TPSA) is 66.9 Å². The molecule has 1 N–H and O–H groups in total. The number of hydrogen-bond donors (Lipinski definition) is 1. The van der Waals surface area contributed by atoms with Gasteiger partial charge >= 0.3 is 5.97 Å². The van der Waals surface area contributed by atoms with Crippen LogP contribution < -0.4 is 0 Å². The molecule has 11 heavy (non-hydrogen) atoms. The molecule has 0 unspecified atom stereocenters. The highest BCUT2D eigenvalue weighted by atomic mass is 16.6. The highest BCUT2D eigenvalue weighted by molar-refractivity contribution is 5.66. The van der Waals surface area contributed by atoms with Crippen LogP contribution in [0.1, 0.15) is 19.3 Å². The van der Waals surface area contributed by atoms with Crippen molar-refractivity contribution in [1.82, 2.24) is 0 Å². The fourth-order valence-corrected chi connectivity index (χ4v) is 0.963. The number of epoxide rings is 1. The summed E-state index contributed by atoms with van der Waals surface area (Å²) in [7, 11) is 0. The third-order valence-corrected chi connectivity index (χ3v) is 1.64. The quantitative estimate of drug-likeness (QED) is 0.458. The lowest BCUT2D eigenvalue weighted by molar-refractivity contribution is -0.137. The van der Waals surface area contributed by atoms with Gasteiger partial charge in [0, 0.05) is 6.42 Å². The molecule has 2 atom stereocenters. The molecule has 1 heterocycles. The minimum absolute atomic E-state index is 0.00755. The normalized spacial score (nSPS) is 28.0. The number of carbonyl (C=O) groups is 2. The molecule has 0 aliphatic carbocycles. The zero-order valence-electron chi connectivity index (χ0n) is 6.03. The number of carbonyl (C=O) groups excluding carboxylic acids is 1. The smallest absolute Gasteiger partial charge is 0.303 e. The molecule has 0 spiro atoms. The summed E-state index contributed by atoms with van der Waals surface area (Å²) < 4.78 is 4.89. The van der Waals surface area contributed by atoms with Crippen molar-refractivity contribution in [1.29, 1.82) is 0 Å². The van der Waals surface area contributed by atoms with E-state index >= 15 is 0 Å². The summed E-state index contributed by atoms with van der Waals surface area (Å²) in [6.45, 7) is 0. The Morgan fingerprint density at radius 3 is 2.82 bits per heavy atom. The molecule has 0 bridgehead atoms. The van der Waals surface area contributed by atoms with Crippen LogP contribution in [-0.2, 0) is 14.3 Å². The predicted octanol–water partition coefficient (Wildman–Crippen LogP) is 0.208. The van der Waals surface area contributed by atoms with E-state index in [0.717, 1.165) is 6.29 Å². The van der Waals surface area contributed by atoms with E-state index in [2.05, 4.69) is 0 Å². The summed E-state index contributed by atoms with van der Waals surface area (Å²) in [5.74, 6) is -0.798. The van der Waals surface area contributed by atoms with Gasteiger partial charge in [0.15, 0.2) is 6.29 Å². The van der Waals surface area contributed by atoms with Gasteiger partial charge < -0.3 is 14.6 Å². The van der Waals surface area contributed by atoms with Crippen LogP contribution in [0, 0.1) is 0 Å². The first kappa shape index (κ1) is 8.20. The van der Waals surface area contributed by atoms with Crippen molar-refractivity contribution in [3.63, 3.8) is 0 Å². The van der Waals surface area contributed by atoms with Crippen molar-refractivity contribution >= 4 is 12.3 Å². The molecule has 0 saturated carbocycles. The fraction of sp³-hybridized carbons (Fsp3) is 0.714. The zero-order chi connectivity index (χ0) is 8.27. The second-order valence-electron chi connectivity index (χ2n) is 2.56. The number of carboxylic acid groups (broad SMARTS) is 1. The first-order valence-corrected chi connectivity index (χ1v) is 3.56. The number of hydrogen-bond acceptors (Lipinski definition) is 3. The predicted molar refractivity (Wildman–Crippen MR) is 36.2 cm³/mol. The minimum atomic E-state index is -0.798. The lowest BCUT2D eigenvalue weighted by Crippen LogP contribution is -1.98. The Morgan fingerprint density at radius 2 is 2.36 bits per heavy atom. The van der Waals surface area contributed by atoms with Crippen molar-refractivity contribution in [3.8, 4) is 0 Å². The van der Waals surface area contributed by atoms with E-state index in [1.165, 1.54) is 0 Å². The number of carboxylic acids is 1. The van der Waals surface area contributed by atoms with Crippen LogP contribution >= 0.6 is 0 Å². The van der Waals surface area contributed by atoms with Crippen LogP contribution in [0.2, 0.25) is 0 Å². The SMILES string of the molecule is O=C[C@@H]1O[C@H]1CCCC(=O)O. The Kier molecular flexibility index (Phi) is 2.59. The molecule has 4 heteroatoms. The van der Waals surface area contributed by atoms with E-state index in [-0.39, 0.29) is 18.6 Å². The average Bonchev–Trinajstić information content (AvgIpc) is 2.66. The summed E-state index contributed by atoms with van der Waals surface area (Å²) in [6, 6.07) is 0. The molecule has 0 aromatic rings. The molecule has 0 amide bonds. The number of ether oxygens (including phenoxy) is 1. The second kappa shape index (κ2) is 3.48. The third-order valence-electron chi connectivity index (χ3n) is 1.64. The Labute approximate surface area is 64.2 Å². The highest BCUT2D eigenvalue weighted by Crippen LogP contribution is 2.24. The molecule has 0 aromatic heterocycles. The molecular weight excluding hydrogens is 148 g/mol. The number of aliphatic carboxylic acids is 1. The van der Waals surface area contributed by atoms with Crippen LogP contribution in [0.25, 0.3) is 0 Å². The first-order valence-electron chi connectivity index (χ1n) is 3.56. The van der Waals surface area contributed by atoms with Crippen molar-refractivity contribution in [2.75, 3.05) is 0 Å². The van der Waals surface area contributed by atoms with Gasteiger partial charge in [-0.3, -0.25) is 4.79 Å². The molecule has 1 aliphatic rings. The molecular formula is C7H10O4. The summed E-state index contributed by atoms with van der Waals surface area (Å²) in [4.78, 5) is 20.1. The molecule has 1 fully saturated rings. The zero-order valence-corrected chi connectivity index (χ0v) is 6.03. The molecule has 1 aliphatic heterocycles. The molecule has 0 radical (unpaired) electrons. The van der Waals surface area contributed by atoms with E-state index in [1.807, 2.05) is 0 Å². The second-order valence-corrected chi connectivity index (χ2v) is 2.56. The van der Waals surface area contributed by atoms with Crippen LogP contribution in [0.3, 0.4) is 0 Å². The Balaban J connectivity index is 1.97. The molecule has 4 nitrogen and oxygen atoms in total. The van der Waals surface area contributed by atoms with Crippen molar-refractivity contribution in [3.05, 3.63) is 0 Å². The van der Waals surface area contributed by atoms with Gasteiger partial charge in [0.1, 0.15) is 6.10 Å². The van der Waals surface area contributed by atoms with Crippen LogP contribution in [0.4, 0.5) is 0 Å². The van der Waals surface area contributed by atoms with E-state index in [0.29, 0.717) is 12.8 Å². The van der Waals surface area contributed by atoms with Gasteiger partial charge in [-0.25, -0.2) is 0 Å². The summed E-state index contributed by atoms with van der Waals surface area (Å²) in [5, 5.41) is 8.26.